The zero-order chi connectivity index (χ0) is 17.4. The van der Waals surface area contributed by atoms with Gasteiger partial charge in [-0.05, 0) is 38.1 Å². The van der Waals surface area contributed by atoms with Crippen LogP contribution in [0.25, 0.3) is 16.9 Å². The summed E-state index contributed by atoms with van der Waals surface area (Å²) in [6, 6.07) is 10.3. The molecule has 0 bridgehead atoms. The SMILES string of the molecule is Nc1ccc2nc(-c3cccc([N+](=O)[O-])c3)c(CN3CCCC3)n2c1. The van der Waals surface area contributed by atoms with Crippen molar-refractivity contribution in [3.63, 3.8) is 0 Å². The molecule has 7 heteroatoms. The van der Waals surface area contributed by atoms with Crippen molar-refractivity contribution in [2.24, 2.45) is 0 Å². The Morgan fingerprint density at radius 2 is 2.00 bits per heavy atom. The van der Waals surface area contributed by atoms with Gasteiger partial charge in [0, 0.05) is 36.1 Å². The minimum atomic E-state index is -0.378. The first kappa shape index (κ1) is 15.6. The summed E-state index contributed by atoms with van der Waals surface area (Å²) in [6.07, 6.45) is 4.27. The number of anilines is 1. The number of non-ortho nitro benzene ring substituents is 1. The Labute approximate surface area is 144 Å². The second kappa shape index (κ2) is 6.18. The summed E-state index contributed by atoms with van der Waals surface area (Å²) in [7, 11) is 0. The molecule has 1 aliphatic heterocycles. The first-order chi connectivity index (χ1) is 12.1. The second-order valence-corrected chi connectivity index (χ2v) is 6.39. The zero-order valence-electron chi connectivity index (χ0n) is 13.8. The standard InChI is InChI=1S/C18H19N5O2/c19-14-6-7-17-20-18(13-4-3-5-15(10-13)23(24)25)16(22(17)11-14)12-21-8-1-2-9-21/h3-7,10-11H,1-2,8-9,12,19H2. The van der Waals surface area contributed by atoms with Gasteiger partial charge >= 0.3 is 0 Å². The number of hydrogen-bond donors (Lipinski definition) is 1. The number of aromatic nitrogens is 2. The summed E-state index contributed by atoms with van der Waals surface area (Å²) in [6.45, 7) is 2.87. The van der Waals surface area contributed by atoms with Crippen LogP contribution < -0.4 is 5.73 Å². The fourth-order valence-electron chi connectivity index (χ4n) is 3.41. The van der Waals surface area contributed by atoms with E-state index in [0.29, 0.717) is 5.69 Å². The lowest BCUT2D eigenvalue weighted by molar-refractivity contribution is -0.384. The molecule has 128 valence electrons. The third kappa shape index (κ3) is 2.94. The highest BCUT2D eigenvalue weighted by molar-refractivity contribution is 5.69. The number of nitrogen functional groups attached to an aromatic ring is 1. The molecular formula is C18H19N5O2. The minimum Gasteiger partial charge on any atom is -0.398 e. The monoisotopic (exact) mass is 337 g/mol. The van der Waals surface area contributed by atoms with Crippen LogP contribution in [0, 0.1) is 10.1 Å². The van der Waals surface area contributed by atoms with Crippen LogP contribution in [0.2, 0.25) is 0 Å². The maximum atomic E-state index is 11.1. The van der Waals surface area contributed by atoms with E-state index >= 15 is 0 Å². The first-order valence-electron chi connectivity index (χ1n) is 8.35. The Morgan fingerprint density at radius 1 is 1.20 bits per heavy atom. The van der Waals surface area contributed by atoms with Crippen molar-refractivity contribution >= 4 is 17.0 Å². The molecule has 1 aromatic carbocycles. The molecule has 0 saturated carbocycles. The van der Waals surface area contributed by atoms with Crippen molar-refractivity contribution in [1.82, 2.24) is 14.3 Å². The Balaban J connectivity index is 1.86. The Bertz CT molecular complexity index is 944. The van der Waals surface area contributed by atoms with Gasteiger partial charge in [0.1, 0.15) is 5.65 Å². The van der Waals surface area contributed by atoms with E-state index in [1.54, 1.807) is 12.1 Å². The fourth-order valence-corrected chi connectivity index (χ4v) is 3.41. The van der Waals surface area contributed by atoms with Crippen LogP contribution in [-0.4, -0.2) is 32.3 Å². The molecule has 25 heavy (non-hydrogen) atoms. The molecule has 3 aromatic rings. The fraction of sp³-hybridized carbons (Fsp3) is 0.278. The summed E-state index contributed by atoms with van der Waals surface area (Å²) < 4.78 is 2.00. The van der Waals surface area contributed by atoms with Gasteiger partial charge < -0.3 is 10.1 Å². The highest BCUT2D eigenvalue weighted by atomic mass is 16.6. The average molecular weight is 337 g/mol. The molecule has 3 heterocycles. The van der Waals surface area contributed by atoms with Crippen molar-refractivity contribution in [3.8, 4) is 11.3 Å². The van der Waals surface area contributed by atoms with E-state index in [4.69, 9.17) is 10.7 Å². The number of imidazole rings is 1. The van der Waals surface area contributed by atoms with Gasteiger partial charge in [0.25, 0.3) is 5.69 Å². The predicted octanol–water partition coefficient (Wildman–Crippen LogP) is 3.09. The number of nitrogens with two attached hydrogens (primary N) is 1. The highest BCUT2D eigenvalue weighted by Crippen LogP contribution is 2.29. The number of likely N-dealkylation sites (tertiary alicyclic amines) is 1. The van der Waals surface area contributed by atoms with Crippen LogP contribution in [0.15, 0.2) is 42.6 Å². The molecule has 1 saturated heterocycles. The summed E-state index contributed by atoms with van der Waals surface area (Å²) >= 11 is 0. The van der Waals surface area contributed by atoms with E-state index in [1.165, 1.54) is 18.9 Å². The van der Waals surface area contributed by atoms with E-state index in [0.717, 1.165) is 42.2 Å². The number of rotatable bonds is 4. The molecule has 0 unspecified atom stereocenters. The molecule has 7 nitrogen and oxygen atoms in total. The van der Waals surface area contributed by atoms with Crippen molar-refractivity contribution < 1.29 is 4.92 Å². The summed E-state index contributed by atoms with van der Waals surface area (Å²) in [5.74, 6) is 0. The lowest BCUT2D eigenvalue weighted by atomic mass is 10.1. The summed E-state index contributed by atoms with van der Waals surface area (Å²) in [4.78, 5) is 17.8. The molecule has 4 rings (SSSR count). The Morgan fingerprint density at radius 3 is 2.76 bits per heavy atom. The summed E-state index contributed by atoms with van der Waals surface area (Å²) in [5, 5.41) is 11.1. The third-order valence-electron chi connectivity index (χ3n) is 4.64. The number of benzene rings is 1. The number of nitrogens with zero attached hydrogens (tertiary/aromatic N) is 4. The van der Waals surface area contributed by atoms with Gasteiger partial charge in [0.05, 0.1) is 16.3 Å². The first-order valence-corrected chi connectivity index (χ1v) is 8.35. The van der Waals surface area contributed by atoms with Crippen molar-refractivity contribution in [2.45, 2.75) is 19.4 Å². The van der Waals surface area contributed by atoms with Gasteiger partial charge in [0.2, 0.25) is 0 Å². The number of fused-ring (bicyclic) bond motifs is 1. The lowest BCUT2D eigenvalue weighted by Gasteiger charge is -2.15. The lowest BCUT2D eigenvalue weighted by Crippen LogP contribution is -2.20. The average Bonchev–Trinajstić information content (AvgIpc) is 3.24. The van der Waals surface area contributed by atoms with Crippen LogP contribution in [-0.2, 0) is 6.54 Å². The van der Waals surface area contributed by atoms with E-state index in [2.05, 4.69) is 4.90 Å². The molecule has 0 atom stereocenters. The van der Waals surface area contributed by atoms with Crippen molar-refractivity contribution in [1.29, 1.82) is 0 Å². The molecule has 1 aliphatic rings. The topological polar surface area (TPSA) is 89.7 Å². The maximum Gasteiger partial charge on any atom is 0.270 e. The quantitative estimate of drug-likeness (QED) is 0.583. The normalized spacial score (nSPS) is 15.0. The maximum absolute atomic E-state index is 11.1. The molecular weight excluding hydrogens is 318 g/mol. The van der Waals surface area contributed by atoms with Crippen molar-refractivity contribution in [3.05, 3.63) is 58.4 Å². The largest absolute Gasteiger partial charge is 0.398 e. The molecule has 0 amide bonds. The number of hydrogen-bond acceptors (Lipinski definition) is 5. The summed E-state index contributed by atoms with van der Waals surface area (Å²) in [5.41, 5.74) is 10.0. The Hall–Kier alpha value is -2.93. The molecule has 0 radical (unpaired) electrons. The number of nitro benzene ring substituents is 1. The molecule has 0 spiro atoms. The molecule has 2 N–H and O–H groups in total. The smallest absolute Gasteiger partial charge is 0.270 e. The van der Waals surface area contributed by atoms with E-state index < -0.39 is 0 Å². The molecule has 0 aliphatic carbocycles. The van der Waals surface area contributed by atoms with Gasteiger partial charge in [-0.15, -0.1) is 0 Å². The van der Waals surface area contributed by atoms with E-state index in [-0.39, 0.29) is 10.6 Å². The van der Waals surface area contributed by atoms with Gasteiger partial charge in [0.15, 0.2) is 0 Å². The minimum absolute atomic E-state index is 0.0705. The highest BCUT2D eigenvalue weighted by Gasteiger charge is 2.20. The van der Waals surface area contributed by atoms with E-state index in [1.807, 2.05) is 28.8 Å². The predicted molar refractivity (Wildman–Crippen MR) is 96.2 cm³/mol. The van der Waals surface area contributed by atoms with Crippen LogP contribution in [0.3, 0.4) is 0 Å². The van der Waals surface area contributed by atoms with Crippen LogP contribution in [0.4, 0.5) is 11.4 Å². The van der Waals surface area contributed by atoms with Gasteiger partial charge in [-0.3, -0.25) is 15.0 Å². The van der Waals surface area contributed by atoms with Gasteiger partial charge in [-0.25, -0.2) is 4.98 Å². The number of pyridine rings is 1. The molecule has 1 fully saturated rings. The Kier molecular flexibility index (Phi) is 3.85. The van der Waals surface area contributed by atoms with Gasteiger partial charge in [-0.2, -0.15) is 0 Å². The number of nitro groups is 1. The van der Waals surface area contributed by atoms with Gasteiger partial charge in [-0.1, -0.05) is 12.1 Å². The second-order valence-electron chi connectivity index (χ2n) is 6.39. The third-order valence-corrected chi connectivity index (χ3v) is 4.64. The van der Waals surface area contributed by atoms with Crippen LogP contribution in [0.5, 0.6) is 0 Å². The molecule has 2 aromatic heterocycles. The van der Waals surface area contributed by atoms with Crippen molar-refractivity contribution in [2.75, 3.05) is 18.8 Å². The van der Waals surface area contributed by atoms with Crippen LogP contribution >= 0.6 is 0 Å². The van der Waals surface area contributed by atoms with E-state index in [9.17, 15) is 10.1 Å². The zero-order valence-corrected chi connectivity index (χ0v) is 13.8. The van der Waals surface area contributed by atoms with Crippen LogP contribution in [0.1, 0.15) is 18.5 Å².